The number of hydrogen-bond acceptors (Lipinski definition) is 3. The summed E-state index contributed by atoms with van der Waals surface area (Å²) in [6.07, 6.45) is 1.24. The van der Waals surface area contributed by atoms with Gasteiger partial charge in [0.25, 0.3) is 0 Å². The molecular formula is C21H26ClF2N3O2. The van der Waals surface area contributed by atoms with E-state index in [0.29, 0.717) is 36.6 Å². The van der Waals surface area contributed by atoms with Crippen LogP contribution in [0.2, 0.25) is 5.15 Å². The second-order valence-electron chi connectivity index (χ2n) is 8.19. The van der Waals surface area contributed by atoms with Gasteiger partial charge in [-0.25, -0.2) is 18.6 Å². The number of aromatic nitrogens is 2. The zero-order chi connectivity index (χ0) is 21.3. The third kappa shape index (κ3) is 4.71. The number of imidazole rings is 1. The summed E-state index contributed by atoms with van der Waals surface area (Å²) in [6, 6.07) is 3.48. The van der Waals surface area contributed by atoms with Gasteiger partial charge in [-0.1, -0.05) is 24.6 Å². The lowest BCUT2D eigenvalue weighted by Gasteiger charge is -2.38. The van der Waals surface area contributed by atoms with E-state index in [0.717, 1.165) is 24.0 Å². The number of rotatable bonds is 4. The van der Waals surface area contributed by atoms with Gasteiger partial charge in [-0.05, 0) is 51.3 Å². The number of nitrogens with zero attached hydrogens (tertiary/aromatic N) is 3. The maximum atomic E-state index is 13.6. The van der Waals surface area contributed by atoms with Crippen molar-refractivity contribution in [1.29, 1.82) is 0 Å². The fourth-order valence-corrected chi connectivity index (χ4v) is 3.99. The molecule has 29 heavy (non-hydrogen) atoms. The molecule has 1 aliphatic heterocycles. The first-order valence-corrected chi connectivity index (χ1v) is 10.2. The van der Waals surface area contributed by atoms with Crippen LogP contribution in [0.15, 0.2) is 18.2 Å². The minimum atomic E-state index is -0.883. The lowest BCUT2D eigenvalue weighted by Crippen LogP contribution is -2.45. The predicted octanol–water partition coefficient (Wildman–Crippen LogP) is 5.30. The van der Waals surface area contributed by atoms with Crippen molar-refractivity contribution in [3.8, 4) is 0 Å². The number of fused-ring (bicyclic) bond motifs is 1. The highest BCUT2D eigenvalue weighted by atomic mass is 35.5. The summed E-state index contributed by atoms with van der Waals surface area (Å²) in [7, 11) is 0. The molecule has 0 saturated carbocycles. The van der Waals surface area contributed by atoms with Crippen molar-refractivity contribution < 1.29 is 18.3 Å². The topological polar surface area (TPSA) is 47.4 Å². The van der Waals surface area contributed by atoms with Crippen molar-refractivity contribution in [2.24, 2.45) is 0 Å². The Morgan fingerprint density at radius 3 is 2.62 bits per heavy atom. The second-order valence-corrected chi connectivity index (χ2v) is 8.54. The lowest BCUT2D eigenvalue weighted by molar-refractivity contribution is 0.00948. The standard InChI is InChI=1S/C21H26ClF2N3O2/c1-5-17-25-19(22)18-16(9-7-13-6-8-14(23)15(24)12-13)26(10-11-27(17)18)20(28)29-21(2,3)4/h6,8,12,16H,5,7,9-11H2,1-4H3. The summed E-state index contributed by atoms with van der Waals surface area (Å²) < 4.78 is 34.5. The van der Waals surface area contributed by atoms with Crippen LogP contribution in [0.3, 0.4) is 0 Å². The highest BCUT2D eigenvalue weighted by Gasteiger charge is 2.36. The molecule has 1 aromatic carbocycles. The number of halogens is 3. The maximum absolute atomic E-state index is 13.6. The van der Waals surface area contributed by atoms with E-state index >= 15 is 0 Å². The Morgan fingerprint density at radius 2 is 2.00 bits per heavy atom. The Kier molecular flexibility index (Phi) is 6.17. The van der Waals surface area contributed by atoms with Gasteiger partial charge in [0.1, 0.15) is 11.4 Å². The average molecular weight is 426 g/mol. The molecular weight excluding hydrogens is 400 g/mol. The minimum Gasteiger partial charge on any atom is -0.444 e. The highest BCUT2D eigenvalue weighted by Crippen LogP contribution is 2.36. The van der Waals surface area contributed by atoms with Crippen LogP contribution in [0.5, 0.6) is 0 Å². The van der Waals surface area contributed by atoms with Crippen LogP contribution < -0.4 is 0 Å². The number of aryl methyl sites for hydroxylation is 2. The predicted molar refractivity (Wildman–Crippen MR) is 107 cm³/mol. The summed E-state index contributed by atoms with van der Waals surface area (Å²) in [5.41, 5.74) is 0.789. The molecule has 0 aliphatic carbocycles. The van der Waals surface area contributed by atoms with Crippen molar-refractivity contribution >= 4 is 17.7 Å². The summed E-state index contributed by atoms with van der Waals surface area (Å²) in [6.45, 7) is 8.50. The van der Waals surface area contributed by atoms with E-state index in [4.69, 9.17) is 16.3 Å². The summed E-state index contributed by atoms with van der Waals surface area (Å²) in [5.74, 6) is -0.895. The molecule has 0 fully saturated rings. The fraction of sp³-hybridized carbons (Fsp3) is 0.524. The molecule has 158 valence electrons. The normalized spacial score (nSPS) is 16.7. The van der Waals surface area contributed by atoms with Crippen LogP contribution in [0.1, 0.15) is 57.2 Å². The van der Waals surface area contributed by atoms with Gasteiger partial charge in [0.2, 0.25) is 0 Å². The number of carbonyl (C=O) groups is 1. The number of ether oxygens (including phenoxy) is 1. The van der Waals surface area contributed by atoms with Gasteiger partial charge < -0.3 is 9.30 Å². The molecule has 1 unspecified atom stereocenters. The van der Waals surface area contributed by atoms with Crippen LogP contribution >= 0.6 is 11.6 Å². The Labute approximate surface area is 174 Å². The Balaban J connectivity index is 1.91. The molecule has 2 aromatic rings. The number of carbonyl (C=O) groups excluding carboxylic acids is 1. The van der Waals surface area contributed by atoms with E-state index in [2.05, 4.69) is 9.55 Å². The fourth-order valence-electron chi connectivity index (χ4n) is 3.66. The Morgan fingerprint density at radius 1 is 1.28 bits per heavy atom. The average Bonchev–Trinajstić information content (AvgIpc) is 2.97. The Hall–Kier alpha value is -2.15. The van der Waals surface area contributed by atoms with Gasteiger partial charge in [0.05, 0.1) is 11.7 Å². The van der Waals surface area contributed by atoms with E-state index in [9.17, 15) is 13.6 Å². The van der Waals surface area contributed by atoms with Crippen molar-refractivity contribution in [2.75, 3.05) is 6.54 Å². The second kappa shape index (κ2) is 8.30. The summed E-state index contributed by atoms with van der Waals surface area (Å²) in [5, 5.41) is 0.366. The van der Waals surface area contributed by atoms with Crippen LogP contribution in [-0.4, -0.2) is 32.7 Å². The monoisotopic (exact) mass is 425 g/mol. The SMILES string of the molecule is CCc1nc(Cl)c2n1CCN(C(=O)OC(C)(C)C)C2CCc1ccc(F)c(F)c1. The van der Waals surface area contributed by atoms with Gasteiger partial charge in [-0.3, -0.25) is 4.90 Å². The van der Waals surface area contributed by atoms with Gasteiger partial charge in [0.15, 0.2) is 16.8 Å². The molecule has 0 N–H and O–H groups in total. The van der Waals surface area contributed by atoms with Crippen molar-refractivity contribution in [3.63, 3.8) is 0 Å². The summed E-state index contributed by atoms with van der Waals surface area (Å²) in [4.78, 5) is 19.0. The van der Waals surface area contributed by atoms with Gasteiger partial charge in [-0.15, -0.1) is 0 Å². The maximum Gasteiger partial charge on any atom is 0.410 e. The molecule has 1 amide bonds. The van der Waals surface area contributed by atoms with E-state index < -0.39 is 23.3 Å². The lowest BCUT2D eigenvalue weighted by atomic mass is 10.00. The van der Waals surface area contributed by atoms with Crippen molar-refractivity contribution in [1.82, 2.24) is 14.5 Å². The molecule has 0 bridgehead atoms. The first kappa shape index (κ1) is 21.6. The quantitative estimate of drug-likeness (QED) is 0.667. The van der Waals surface area contributed by atoms with Crippen LogP contribution in [-0.2, 0) is 24.1 Å². The highest BCUT2D eigenvalue weighted by molar-refractivity contribution is 6.30. The molecule has 0 radical (unpaired) electrons. The van der Waals surface area contributed by atoms with Gasteiger partial charge >= 0.3 is 6.09 Å². The van der Waals surface area contributed by atoms with Crippen LogP contribution in [0.25, 0.3) is 0 Å². The molecule has 8 heteroatoms. The largest absolute Gasteiger partial charge is 0.444 e. The smallest absolute Gasteiger partial charge is 0.410 e. The molecule has 1 aliphatic rings. The van der Waals surface area contributed by atoms with E-state index in [1.54, 1.807) is 11.0 Å². The van der Waals surface area contributed by atoms with Gasteiger partial charge in [-0.2, -0.15) is 0 Å². The summed E-state index contributed by atoms with van der Waals surface area (Å²) >= 11 is 6.45. The first-order valence-electron chi connectivity index (χ1n) is 9.79. The van der Waals surface area contributed by atoms with Gasteiger partial charge in [0, 0.05) is 19.5 Å². The zero-order valence-electron chi connectivity index (χ0n) is 17.1. The van der Waals surface area contributed by atoms with Crippen LogP contribution in [0.4, 0.5) is 13.6 Å². The third-order valence-electron chi connectivity index (χ3n) is 4.93. The molecule has 3 rings (SSSR count). The molecule has 5 nitrogen and oxygen atoms in total. The molecule has 2 heterocycles. The first-order chi connectivity index (χ1) is 13.6. The number of hydrogen-bond donors (Lipinski definition) is 0. The minimum absolute atomic E-state index is 0.366. The molecule has 1 atom stereocenters. The zero-order valence-corrected chi connectivity index (χ0v) is 17.9. The number of benzene rings is 1. The van der Waals surface area contributed by atoms with E-state index in [-0.39, 0.29) is 6.04 Å². The van der Waals surface area contributed by atoms with Crippen molar-refractivity contribution in [3.05, 3.63) is 52.1 Å². The number of amides is 1. The van der Waals surface area contributed by atoms with Crippen molar-refractivity contribution in [2.45, 2.75) is 65.1 Å². The van der Waals surface area contributed by atoms with E-state index in [1.807, 2.05) is 27.7 Å². The third-order valence-corrected chi connectivity index (χ3v) is 5.21. The molecule has 1 aromatic heterocycles. The van der Waals surface area contributed by atoms with E-state index in [1.165, 1.54) is 6.07 Å². The van der Waals surface area contributed by atoms with Crippen LogP contribution in [0, 0.1) is 11.6 Å². The Bertz CT molecular complexity index is 908. The molecule has 0 saturated heterocycles. The molecule has 0 spiro atoms.